The summed E-state index contributed by atoms with van der Waals surface area (Å²) in [4.78, 5) is 11.8. The van der Waals surface area contributed by atoms with Gasteiger partial charge in [-0.05, 0) is 17.7 Å². The van der Waals surface area contributed by atoms with Crippen molar-refractivity contribution < 1.29 is 9.53 Å². The molecule has 0 N–H and O–H groups in total. The van der Waals surface area contributed by atoms with Gasteiger partial charge in [0.05, 0.1) is 0 Å². The lowest BCUT2D eigenvalue weighted by atomic mass is 10.1. The van der Waals surface area contributed by atoms with Crippen LogP contribution in [0, 0.1) is 0 Å². The van der Waals surface area contributed by atoms with E-state index in [-0.39, 0.29) is 0 Å². The summed E-state index contributed by atoms with van der Waals surface area (Å²) >= 11 is 16.8. The number of alkyl halides is 3. The van der Waals surface area contributed by atoms with Crippen LogP contribution in [0.4, 0.5) is 0 Å². The Hall–Kier alpha value is -1.22. The van der Waals surface area contributed by atoms with Gasteiger partial charge in [-0.1, -0.05) is 77.3 Å². The van der Waals surface area contributed by atoms with Crippen molar-refractivity contribution >= 4 is 40.6 Å². The summed E-state index contributed by atoms with van der Waals surface area (Å²) in [5, 5.41) is 0. The molecule has 0 aromatic heterocycles. The standard InChI is InChI=1S/C15H11Cl3O2/c16-15(17,18)14(19)12-7-4-8-13(9-12)20-10-11-5-2-1-3-6-11/h1-9H,10H2. The van der Waals surface area contributed by atoms with Crippen LogP contribution >= 0.6 is 34.8 Å². The average Bonchev–Trinajstić information content (AvgIpc) is 2.45. The highest BCUT2D eigenvalue weighted by molar-refractivity contribution is 6.77. The molecule has 0 spiro atoms. The van der Waals surface area contributed by atoms with Crippen LogP contribution in [0.3, 0.4) is 0 Å². The molecule has 0 heterocycles. The van der Waals surface area contributed by atoms with Crippen LogP contribution in [0.5, 0.6) is 5.75 Å². The molecule has 0 aliphatic carbocycles. The van der Waals surface area contributed by atoms with E-state index in [9.17, 15) is 4.79 Å². The Kier molecular flexibility index (Phi) is 4.92. The first kappa shape index (κ1) is 15.2. The normalized spacial score (nSPS) is 11.2. The Bertz CT molecular complexity index is 592. The highest BCUT2D eigenvalue weighted by atomic mass is 35.6. The van der Waals surface area contributed by atoms with Crippen molar-refractivity contribution in [3.8, 4) is 5.75 Å². The molecule has 0 aliphatic heterocycles. The predicted molar refractivity (Wildman–Crippen MR) is 81.8 cm³/mol. The molecule has 0 saturated carbocycles. The van der Waals surface area contributed by atoms with Crippen LogP contribution in [0.15, 0.2) is 54.6 Å². The van der Waals surface area contributed by atoms with Gasteiger partial charge in [-0.3, -0.25) is 4.79 Å². The van der Waals surface area contributed by atoms with E-state index in [0.29, 0.717) is 17.9 Å². The number of benzene rings is 2. The number of hydrogen-bond donors (Lipinski definition) is 0. The number of ketones is 1. The quantitative estimate of drug-likeness (QED) is 0.594. The molecule has 20 heavy (non-hydrogen) atoms. The van der Waals surface area contributed by atoms with Crippen LogP contribution < -0.4 is 4.74 Å². The predicted octanol–water partition coefficient (Wildman–Crippen LogP) is 4.82. The zero-order valence-electron chi connectivity index (χ0n) is 10.4. The Labute approximate surface area is 132 Å². The van der Waals surface area contributed by atoms with E-state index in [1.807, 2.05) is 30.3 Å². The van der Waals surface area contributed by atoms with Gasteiger partial charge in [0.25, 0.3) is 3.79 Å². The third kappa shape index (κ3) is 4.14. The van der Waals surface area contributed by atoms with Gasteiger partial charge in [0.15, 0.2) is 0 Å². The molecule has 2 nitrogen and oxygen atoms in total. The van der Waals surface area contributed by atoms with Crippen molar-refractivity contribution in [3.63, 3.8) is 0 Å². The Morgan fingerprint density at radius 2 is 1.70 bits per heavy atom. The molecule has 0 saturated heterocycles. The van der Waals surface area contributed by atoms with E-state index in [1.54, 1.807) is 24.3 Å². The third-order valence-electron chi connectivity index (χ3n) is 2.60. The van der Waals surface area contributed by atoms with Crippen molar-refractivity contribution in [3.05, 3.63) is 65.7 Å². The lowest BCUT2D eigenvalue weighted by molar-refractivity contribution is 0.0996. The number of rotatable bonds is 4. The summed E-state index contributed by atoms with van der Waals surface area (Å²) in [6, 6.07) is 16.3. The summed E-state index contributed by atoms with van der Waals surface area (Å²) in [6.45, 7) is 0.409. The van der Waals surface area contributed by atoms with Crippen molar-refractivity contribution in [1.29, 1.82) is 0 Å². The molecule has 2 rings (SSSR count). The minimum Gasteiger partial charge on any atom is -0.489 e. The monoisotopic (exact) mass is 328 g/mol. The Morgan fingerprint density at radius 1 is 1.00 bits per heavy atom. The number of halogens is 3. The molecule has 2 aromatic carbocycles. The lowest BCUT2D eigenvalue weighted by Crippen LogP contribution is -2.18. The maximum absolute atomic E-state index is 11.8. The van der Waals surface area contributed by atoms with Gasteiger partial charge in [0.2, 0.25) is 5.78 Å². The molecular weight excluding hydrogens is 319 g/mol. The first-order valence-corrected chi connectivity index (χ1v) is 6.98. The molecule has 0 aliphatic rings. The highest BCUT2D eigenvalue weighted by Gasteiger charge is 2.31. The van der Waals surface area contributed by atoms with Crippen LogP contribution in [-0.4, -0.2) is 9.58 Å². The molecule has 104 valence electrons. The summed E-state index contributed by atoms with van der Waals surface area (Å²) in [7, 11) is 0. The van der Waals surface area contributed by atoms with Gasteiger partial charge in [0.1, 0.15) is 12.4 Å². The molecule has 0 unspecified atom stereocenters. The van der Waals surface area contributed by atoms with Gasteiger partial charge >= 0.3 is 0 Å². The van der Waals surface area contributed by atoms with Gasteiger partial charge in [0, 0.05) is 5.56 Å². The maximum atomic E-state index is 11.8. The van der Waals surface area contributed by atoms with Crippen molar-refractivity contribution in [1.82, 2.24) is 0 Å². The van der Waals surface area contributed by atoms with E-state index in [1.165, 1.54) is 0 Å². The highest BCUT2D eigenvalue weighted by Crippen LogP contribution is 2.31. The fourth-order valence-electron chi connectivity index (χ4n) is 1.63. The number of ether oxygens (including phenoxy) is 1. The zero-order valence-corrected chi connectivity index (χ0v) is 12.6. The summed E-state index contributed by atoms with van der Waals surface area (Å²) in [6.07, 6.45) is 0. The molecule has 2 aromatic rings. The van der Waals surface area contributed by atoms with Crippen molar-refractivity contribution in [2.75, 3.05) is 0 Å². The van der Waals surface area contributed by atoms with E-state index in [2.05, 4.69) is 0 Å². The second-order valence-electron chi connectivity index (χ2n) is 4.13. The molecule has 0 radical (unpaired) electrons. The fourth-order valence-corrected chi connectivity index (χ4v) is 1.96. The van der Waals surface area contributed by atoms with E-state index in [4.69, 9.17) is 39.5 Å². The third-order valence-corrected chi connectivity index (χ3v) is 3.12. The van der Waals surface area contributed by atoms with Gasteiger partial charge in [-0.15, -0.1) is 0 Å². The first-order chi connectivity index (χ1) is 9.47. The van der Waals surface area contributed by atoms with Crippen molar-refractivity contribution in [2.24, 2.45) is 0 Å². The summed E-state index contributed by atoms with van der Waals surface area (Å²) in [5.74, 6) is -0.0263. The Morgan fingerprint density at radius 3 is 2.35 bits per heavy atom. The smallest absolute Gasteiger partial charge is 0.253 e. The van der Waals surface area contributed by atoms with Crippen molar-refractivity contribution in [2.45, 2.75) is 10.4 Å². The largest absolute Gasteiger partial charge is 0.489 e. The second-order valence-corrected chi connectivity index (χ2v) is 6.41. The van der Waals surface area contributed by atoms with E-state index in [0.717, 1.165) is 5.56 Å². The SMILES string of the molecule is O=C(c1cccc(OCc2ccccc2)c1)C(Cl)(Cl)Cl. The van der Waals surface area contributed by atoms with E-state index < -0.39 is 9.58 Å². The van der Waals surface area contributed by atoms with Crippen LogP contribution in [-0.2, 0) is 6.61 Å². The topological polar surface area (TPSA) is 26.3 Å². The van der Waals surface area contributed by atoms with Gasteiger partial charge < -0.3 is 4.74 Å². The van der Waals surface area contributed by atoms with Crippen LogP contribution in [0.2, 0.25) is 0 Å². The Balaban J connectivity index is 2.09. The molecule has 0 bridgehead atoms. The molecular formula is C15H11Cl3O2. The van der Waals surface area contributed by atoms with Gasteiger partial charge in [-0.25, -0.2) is 0 Å². The average molecular weight is 330 g/mol. The molecule has 0 atom stereocenters. The number of carbonyl (C=O) groups is 1. The molecule has 5 heteroatoms. The molecule has 0 fully saturated rings. The fraction of sp³-hybridized carbons (Fsp3) is 0.133. The number of Topliss-reactive ketones (excluding diaryl/α,β-unsaturated/α-hetero) is 1. The second kappa shape index (κ2) is 6.49. The summed E-state index contributed by atoms with van der Waals surface area (Å²) < 4.78 is 3.65. The number of hydrogen-bond acceptors (Lipinski definition) is 2. The minimum absolute atomic E-state index is 0.301. The lowest BCUT2D eigenvalue weighted by Gasteiger charge is -2.11. The zero-order chi connectivity index (χ0) is 14.6. The summed E-state index contributed by atoms with van der Waals surface area (Å²) in [5.41, 5.74) is 1.33. The van der Waals surface area contributed by atoms with E-state index >= 15 is 0 Å². The maximum Gasteiger partial charge on any atom is 0.253 e. The molecule has 0 amide bonds. The van der Waals surface area contributed by atoms with Crippen LogP contribution in [0.25, 0.3) is 0 Å². The number of carbonyl (C=O) groups excluding carboxylic acids is 1. The van der Waals surface area contributed by atoms with Gasteiger partial charge in [-0.2, -0.15) is 0 Å². The minimum atomic E-state index is -1.96. The first-order valence-electron chi connectivity index (χ1n) is 5.85. The van der Waals surface area contributed by atoms with Crippen LogP contribution in [0.1, 0.15) is 15.9 Å².